The van der Waals surface area contributed by atoms with Gasteiger partial charge in [-0.05, 0) is 31.2 Å². The molecule has 7 nitrogen and oxygen atoms in total. The molecule has 2 rings (SSSR count). The zero-order chi connectivity index (χ0) is 19.3. The molecule has 1 aromatic rings. The molecule has 0 bridgehead atoms. The number of carbonyl (C=O) groups is 3. The number of benzene rings is 1. The van der Waals surface area contributed by atoms with Crippen LogP contribution in [0.5, 0.6) is 0 Å². The summed E-state index contributed by atoms with van der Waals surface area (Å²) < 4.78 is 15.6. The Kier molecular flexibility index (Phi) is 6.15. The molecule has 1 heterocycles. The highest BCUT2D eigenvalue weighted by Crippen LogP contribution is 2.29. The van der Waals surface area contributed by atoms with Gasteiger partial charge >= 0.3 is 11.9 Å². The summed E-state index contributed by atoms with van der Waals surface area (Å²) in [5, 5.41) is 2.84. The number of ketones is 1. The fraction of sp³-hybridized carbons (Fsp3) is 0.421. The number of anilines is 1. The molecule has 1 saturated heterocycles. The van der Waals surface area contributed by atoms with Crippen molar-refractivity contribution < 1.29 is 28.6 Å². The minimum Gasteiger partial charge on any atom is -0.419 e. The number of cyclic esters (lactones) is 2. The standard InChI is InChI=1S/C19H23NO6/c1-5-19(6-2)25-17(22)15(18(23)26-19)11-20-14-9-7-13(8-10-14)16(21)12(3)24-4/h7-12,20H,5-6H2,1-4H3. The van der Waals surface area contributed by atoms with Gasteiger partial charge in [0.25, 0.3) is 5.79 Å². The first-order valence-electron chi connectivity index (χ1n) is 8.46. The largest absolute Gasteiger partial charge is 0.419 e. The van der Waals surface area contributed by atoms with Gasteiger partial charge in [0.1, 0.15) is 6.10 Å². The second-order valence-corrected chi connectivity index (χ2v) is 5.92. The average molecular weight is 361 g/mol. The van der Waals surface area contributed by atoms with E-state index in [-0.39, 0.29) is 11.4 Å². The fourth-order valence-electron chi connectivity index (χ4n) is 2.44. The first-order chi connectivity index (χ1) is 12.4. The molecule has 0 aromatic heterocycles. The van der Waals surface area contributed by atoms with E-state index in [1.165, 1.54) is 13.3 Å². The normalized spacial score (nSPS) is 17.2. The minimum absolute atomic E-state index is 0.132. The van der Waals surface area contributed by atoms with Crippen LogP contribution < -0.4 is 5.32 Å². The lowest BCUT2D eigenvalue weighted by Gasteiger charge is -2.34. The summed E-state index contributed by atoms with van der Waals surface area (Å²) in [7, 11) is 1.47. The Morgan fingerprint density at radius 2 is 1.69 bits per heavy atom. The molecular formula is C19H23NO6. The summed E-state index contributed by atoms with van der Waals surface area (Å²) >= 11 is 0. The third-order valence-electron chi connectivity index (χ3n) is 4.35. The van der Waals surface area contributed by atoms with Crippen LogP contribution in [-0.4, -0.2) is 36.7 Å². The molecule has 0 spiro atoms. The van der Waals surface area contributed by atoms with Crippen LogP contribution >= 0.6 is 0 Å². The zero-order valence-corrected chi connectivity index (χ0v) is 15.3. The van der Waals surface area contributed by atoms with Crippen LogP contribution in [0.15, 0.2) is 36.0 Å². The summed E-state index contributed by atoms with van der Waals surface area (Å²) in [5.41, 5.74) is 0.892. The number of nitrogens with one attached hydrogen (secondary N) is 1. The van der Waals surface area contributed by atoms with E-state index >= 15 is 0 Å². The van der Waals surface area contributed by atoms with Crippen LogP contribution in [0.3, 0.4) is 0 Å². The number of rotatable bonds is 7. The van der Waals surface area contributed by atoms with Crippen molar-refractivity contribution in [3.05, 3.63) is 41.6 Å². The Labute approximate surface area is 152 Å². The van der Waals surface area contributed by atoms with E-state index in [1.807, 2.05) is 0 Å². The smallest absolute Gasteiger partial charge is 0.350 e. The number of carbonyl (C=O) groups excluding carboxylic acids is 3. The minimum atomic E-state index is -1.19. The summed E-state index contributed by atoms with van der Waals surface area (Å²) in [6, 6.07) is 6.59. The van der Waals surface area contributed by atoms with Crippen LogP contribution in [0.4, 0.5) is 5.69 Å². The highest BCUT2D eigenvalue weighted by Gasteiger charge is 2.43. The van der Waals surface area contributed by atoms with Gasteiger partial charge in [-0.25, -0.2) is 9.59 Å². The van der Waals surface area contributed by atoms with Gasteiger partial charge in [-0.1, -0.05) is 13.8 Å². The second kappa shape index (κ2) is 8.14. The molecule has 1 N–H and O–H groups in total. The maximum Gasteiger partial charge on any atom is 0.350 e. The van der Waals surface area contributed by atoms with Crippen molar-refractivity contribution in [1.29, 1.82) is 0 Å². The highest BCUT2D eigenvalue weighted by molar-refractivity contribution is 6.15. The molecule has 1 aliphatic rings. The molecule has 0 aliphatic carbocycles. The molecule has 7 heteroatoms. The van der Waals surface area contributed by atoms with Crippen LogP contribution in [0.2, 0.25) is 0 Å². The molecule has 1 aromatic carbocycles. The van der Waals surface area contributed by atoms with Gasteiger partial charge < -0.3 is 19.5 Å². The van der Waals surface area contributed by atoms with Gasteiger partial charge in [0, 0.05) is 37.4 Å². The van der Waals surface area contributed by atoms with Crippen LogP contribution in [0.25, 0.3) is 0 Å². The fourth-order valence-corrected chi connectivity index (χ4v) is 2.44. The van der Waals surface area contributed by atoms with E-state index in [4.69, 9.17) is 14.2 Å². The summed E-state index contributed by atoms with van der Waals surface area (Å²) in [4.78, 5) is 36.3. The van der Waals surface area contributed by atoms with Crippen molar-refractivity contribution in [2.45, 2.75) is 45.5 Å². The maximum absolute atomic E-state index is 12.1. The molecule has 1 aliphatic heterocycles. The van der Waals surface area contributed by atoms with Gasteiger partial charge in [-0.15, -0.1) is 0 Å². The Morgan fingerprint density at radius 1 is 1.15 bits per heavy atom. The van der Waals surface area contributed by atoms with Gasteiger partial charge in [0.2, 0.25) is 0 Å². The second-order valence-electron chi connectivity index (χ2n) is 5.92. The van der Waals surface area contributed by atoms with Crippen LogP contribution in [0, 0.1) is 0 Å². The van der Waals surface area contributed by atoms with E-state index in [9.17, 15) is 14.4 Å². The predicted octanol–water partition coefficient (Wildman–Crippen LogP) is 2.82. The molecule has 26 heavy (non-hydrogen) atoms. The lowest BCUT2D eigenvalue weighted by molar-refractivity contribution is -0.237. The maximum atomic E-state index is 12.1. The van der Waals surface area contributed by atoms with Gasteiger partial charge in [0.05, 0.1) is 0 Å². The molecule has 0 amide bonds. The van der Waals surface area contributed by atoms with Crippen LogP contribution in [0.1, 0.15) is 44.0 Å². The lowest BCUT2D eigenvalue weighted by Crippen LogP contribution is -2.45. The van der Waals surface area contributed by atoms with E-state index < -0.39 is 23.8 Å². The van der Waals surface area contributed by atoms with Crippen LogP contribution in [-0.2, 0) is 23.8 Å². The number of hydrogen-bond donors (Lipinski definition) is 1. The van der Waals surface area contributed by atoms with Crippen molar-refractivity contribution >= 4 is 23.4 Å². The van der Waals surface area contributed by atoms with Crippen molar-refractivity contribution in [1.82, 2.24) is 0 Å². The highest BCUT2D eigenvalue weighted by atomic mass is 16.7. The molecule has 140 valence electrons. The molecule has 1 unspecified atom stereocenters. The number of hydrogen-bond acceptors (Lipinski definition) is 7. The summed E-state index contributed by atoms with van der Waals surface area (Å²) in [6.45, 7) is 5.24. The number of ether oxygens (including phenoxy) is 3. The quantitative estimate of drug-likeness (QED) is 0.345. The van der Waals surface area contributed by atoms with Crippen molar-refractivity contribution in [2.24, 2.45) is 0 Å². The van der Waals surface area contributed by atoms with Gasteiger partial charge in [-0.2, -0.15) is 0 Å². The molecule has 1 fully saturated rings. The Hall–Kier alpha value is -2.67. The summed E-state index contributed by atoms with van der Waals surface area (Å²) in [6.07, 6.45) is 1.49. The predicted molar refractivity (Wildman–Crippen MR) is 94.4 cm³/mol. The Balaban J connectivity index is 2.09. The van der Waals surface area contributed by atoms with Gasteiger partial charge in [-0.3, -0.25) is 4.79 Å². The first kappa shape index (κ1) is 19.7. The lowest BCUT2D eigenvalue weighted by atomic mass is 10.1. The zero-order valence-electron chi connectivity index (χ0n) is 15.3. The number of methoxy groups -OCH3 is 1. The SMILES string of the molecule is CCC1(CC)OC(=O)C(=CNc2ccc(C(=O)C(C)OC)cc2)C(=O)O1. The number of Topliss-reactive ketones (excluding diaryl/α,β-unsaturated/α-hetero) is 1. The third kappa shape index (κ3) is 4.11. The summed E-state index contributed by atoms with van der Waals surface area (Å²) in [5.74, 6) is -2.77. The number of esters is 2. The van der Waals surface area contributed by atoms with E-state index in [0.717, 1.165) is 0 Å². The van der Waals surface area contributed by atoms with E-state index in [2.05, 4.69) is 5.32 Å². The molecule has 0 saturated carbocycles. The first-order valence-corrected chi connectivity index (χ1v) is 8.46. The Bertz CT molecular complexity index is 696. The van der Waals surface area contributed by atoms with Crippen molar-refractivity contribution in [3.63, 3.8) is 0 Å². The monoisotopic (exact) mass is 361 g/mol. The van der Waals surface area contributed by atoms with Gasteiger partial charge in [0.15, 0.2) is 11.4 Å². The van der Waals surface area contributed by atoms with E-state index in [0.29, 0.717) is 24.1 Å². The molecule has 0 radical (unpaired) electrons. The molecular weight excluding hydrogens is 338 g/mol. The third-order valence-corrected chi connectivity index (χ3v) is 4.35. The van der Waals surface area contributed by atoms with Crippen molar-refractivity contribution in [3.8, 4) is 0 Å². The Morgan fingerprint density at radius 3 is 2.15 bits per heavy atom. The van der Waals surface area contributed by atoms with E-state index in [1.54, 1.807) is 45.0 Å². The van der Waals surface area contributed by atoms with Crippen molar-refractivity contribution in [2.75, 3.05) is 12.4 Å². The molecule has 1 atom stereocenters. The topological polar surface area (TPSA) is 90.9 Å². The average Bonchev–Trinajstić information content (AvgIpc) is 2.66.